The number of amides is 1. The Morgan fingerprint density at radius 3 is 2.55 bits per heavy atom. The fraction of sp³-hybridized carbons (Fsp3) is 0.333. The van der Waals surface area contributed by atoms with Crippen LogP contribution < -0.4 is 5.32 Å². The van der Waals surface area contributed by atoms with Gasteiger partial charge in [0.1, 0.15) is 0 Å². The molecular formula is C15H17ClN2O2. The zero-order chi connectivity index (χ0) is 14.5. The molecule has 5 heteroatoms. The lowest BCUT2D eigenvalue weighted by atomic mass is 10.0. The molecule has 0 fully saturated rings. The van der Waals surface area contributed by atoms with Gasteiger partial charge in [0.15, 0.2) is 0 Å². The van der Waals surface area contributed by atoms with Crippen LogP contribution in [0.15, 0.2) is 35.0 Å². The van der Waals surface area contributed by atoms with Crippen molar-refractivity contribution in [3.05, 3.63) is 35.5 Å². The summed E-state index contributed by atoms with van der Waals surface area (Å²) in [7, 11) is 0. The highest BCUT2D eigenvalue weighted by molar-refractivity contribution is 6.30. The number of nitrogens with one attached hydrogen (secondary N) is 1. The van der Waals surface area contributed by atoms with E-state index in [4.69, 9.17) is 16.1 Å². The van der Waals surface area contributed by atoms with Gasteiger partial charge in [0.25, 0.3) is 0 Å². The smallest absolute Gasteiger partial charge is 0.239 e. The second-order valence-corrected chi connectivity index (χ2v) is 5.01. The van der Waals surface area contributed by atoms with Crippen LogP contribution in [0, 0.1) is 5.92 Å². The van der Waals surface area contributed by atoms with Gasteiger partial charge in [0.2, 0.25) is 11.8 Å². The Kier molecular flexibility index (Phi) is 4.79. The largest absolute Gasteiger partial charge is 0.338 e. The Labute approximate surface area is 123 Å². The second kappa shape index (κ2) is 6.57. The molecule has 1 aromatic carbocycles. The van der Waals surface area contributed by atoms with E-state index in [1.165, 1.54) is 0 Å². The van der Waals surface area contributed by atoms with Gasteiger partial charge in [-0.15, -0.1) is 0 Å². The van der Waals surface area contributed by atoms with Crippen molar-refractivity contribution in [2.24, 2.45) is 5.92 Å². The Bertz CT molecular complexity index is 574. The number of halogens is 1. The maximum Gasteiger partial charge on any atom is 0.239 e. The van der Waals surface area contributed by atoms with E-state index in [-0.39, 0.29) is 11.8 Å². The van der Waals surface area contributed by atoms with Crippen LogP contribution in [-0.4, -0.2) is 11.1 Å². The molecule has 4 nitrogen and oxygen atoms in total. The summed E-state index contributed by atoms with van der Waals surface area (Å²) in [5.41, 5.74) is 1.65. The molecule has 2 rings (SSSR count). The van der Waals surface area contributed by atoms with Crippen molar-refractivity contribution in [3.8, 4) is 11.1 Å². The summed E-state index contributed by atoms with van der Waals surface area (Å²) in [5, 5.41) is 7.23. The first-order valence-corrected chi connectivity index (χ1v) is 7.05. The molecule has 0 atom stereocenters. The predicted octanol–water partition coefficient (Wildman–Crippen LogP) is 4.37. The fourth-order valence-electron chi connectivity index (χ4n) is 2.04. The Balaban J connectivity index is 2.21. The van der Waals surface area contributed by atoms with Crippen molar-refractivity contribution < 1.29 is 9.32 Å². The molecule has 0 aliphatic heterocycles. The second-order valence-electron chi connectivity index (χ2n) is 4.58. The molecular weight excluding hydrogens is 276 g/mol. The lowest BCUT2D eigenvalue weighted by Crippen LogP contribution is -2.21. The minimum atomic E-state index is -0.0398. The zero-order valence-electron chi connectivity index (χ0n) is 11.5. The van der Waals surface area contributed by atoms with Crippen molar-refractivity contribution in [1.82, 2.24) is 5.16 Å². The molecule has 0 saturated carbocycles. The van der Waals surface area contributed by atoms with Gasteiger partial charge in [-0.05, 0) is 30.5 Å². The number of rotatable bonds is 5. The van der Waals surface area contributed by atoms with Gasteiger partial charge in [-0.2, -0.15) is 0 Å². The van der Waals surface area contributed by atoms with Crippen molar-refractivity contribution in [1.29, 1.82) is 0 Å². The zero-order valence-corrected chi connectivity index (χ0v) is 12.3. The molecule has 0 aliphatic rings. The quantitative estimate of drug-likeness (QED) is 0.890. The third kappa shape index (κ3) is 3.20. The summed E-state index contributed by atoms with van der Waals surface area (Å²) in [5.74, 6) is 0.323. The lowest BCUT2D eigenvalue weighted by molar-refractivity contribution is -0.120. The van der Waals surface area contributed by atoms with E-state index in [9.17, 15) is 4.79 Å². The van der Waals surface area contributed by atoms with Crippen LogP contribution in [0.3, 0.4) is 0 Å². The maximum atomic E-state index is 12.1. The van der Waals surface area contributed by atoms with Crippen LogP contribution in [-0.2, 0) is 4.79 Å². The Hall–Kier alpha value is -1.81. The standard InChI is InChI=1S/C15H17ClN2O2/c1-3-10(4-2)14(19)18-15-13(9-17-20-15)11-5-7-12(16)8-6-11/h5-10H,3-4H2,1-2H3,(H,18,19). The van der Waals surface area contributed by atoms with E-state index in [0.29, 0.717) is 10.9 Å². The van der Waals surface area contributed by atoms with Gasteiger partial charge in [-0.1, -0.05) is 42.7 Å². The van der Waals surface area contributed by atoms with Crippen LogP contribution >= 0.6 is 11.6 Å². The van der Waals surface area contributed by atoms with Crippen LogP contribution in [0.4, 0.5) is 5.88 Å². The molecule has 1 heterocycles. The predicted molar refractivity (Wildman–Crippen MR) is 79.7 cm³/mol. The molecule has 20 heavy (non-hydrogen) atoms. The average Bonchev–Trinajstić information content (AvgIpc) is 2.89. The minimum Gasteiger partial charge on any atom is -0.338 e. The number of hydrogen-bond donors (Lipinski definition) is 1. The number of carbonyl (C=O) groups is 1. The average molecular weight is 293 g/mol. The van der Waals surface area contributed by atoms with Crippen molar-refractivity contribution in [2.75, 3.05) is 5.32 Å². The summed E-state index contributed by atoms with van der Waals surface area (Å²) in [6, 6.07) is 7.30. The normalized spacial score (nSPS) is 10.8. The SMILES string of the molecule is CCC(CC)C(=O)Nc1oncc1-c1ccc(Cl)cc1. The molecule has 2 aromatic rings. The summed E-state index contributed by atoms with van der Waals surface area (Å²) >= 11 is 5.87. The highest BCUT2D eigenvalue weighted by Crippen LogP contribution is 2.29. The van der Waals surface area contributed by atoms with Gasteiger partial charge in [-0.3, -0.25) is 10.1 Å². The van der Waals surface area contributed by atoms with Gasteiger partial charge < -0.3 is 4.52 Å². The topological polar surface area (TPSA) is 55.1 Å². The van der Waals surface area contributed by atoms with Crippen molar-refractivity contribution in [2.45, 2.75) is 26.7 Å². The van der Waals surface area contributed by atoms with Crippen LogP contribution in [0.25, 0.3) is 11.1 Å². The van der Waals surface area contributed by atoms with Gasteiger partial charge in [0.05, 0.1) is 11.8 Å². The van der Waals surface area contributed by atoms with Gasteiger partial charge in [-0.25, -0.2) is 0 Å². The van der Waals surface area contributed by atoms with E-state index in [1.54, 1.807) is 18.3 Å². The maximum absolute atomic E-state index is 12.1. The summed E-state index contributed by atoms with van der Waals surface area (Å²) in [6.07, 6.45) is 3.19. The number of hydrogen-bond acceptors (Lipinski definition) is 3. The number of nitrogens with zero attached hydrogens (tertiary/aromatic N) is 1. The molecule has 0 saturated heterocycles. The monoisotopic (exact) mass is 292 g/mol. The number of benzene rings is 1. The van der Waals surface area contributed by atoms with Crippen LogP contribution in [0.5, 0.6) is 0 Å². The van der Waals surface area contributed by atoms with Crippen molar-refractivity contribution in [3.63, 3.8) is 0 Å². The van der Waals surface area contributed by atoms with E-state index in [1.807, 2.05) is 26.0 Å². The van der Waals surface area contributed by atoms with Crippen molar-refractivity contribution >= 4 is 23.4 Å². The summed E-state index contributed by atoms with van der Waals surface area (Å²) in [6.45, 7) is 3.99. The number of anilines is 1. The van der Waals surface area contributed by atoms with Crippen LogP contribution in [0.2, 0.25) is 5.02 Å². The number of aromatic nitrogens is 1. The molecule has 1 aromatic heterocycles. The minimum absolute atomic E-state index is 0.0156. The van der Waals surface area contributed by atoms with Gasteiger partial charge >= 0.3 is 0 Å². The highest BCUT2D eigenvalue weighted by atomic mass is 35.5. The first-order chi connectivity index (χ1) is 9.65. The first-order valence-electron chi connectivity index (χ1n) is 6.67. The third-order valence-corrected chi connectivity index (χ3v) is 3.57. The Morgan fingerprint density at radius 2 is 1.95 bits per heavy atom. The molecule has 0 unspecified atom stereocenters. The summed E-state index contributed by atoms with van der Waals surface area (Å²) < 4.78 is 5.14. The molecule has 1 N–H and O–H groups in total. The highest BCUT2D eigenvalue weighted by Gasteiger charge is 2.18. The fourth-order valence-corrected chi connectivity index (χ4v) is 2.16. The van der Waals surface area contributed by atoms with Crippen LogP contribution in [0.1, 0.15) is 26.7 Å². The molecule has 0 radical (unpaired) electrons. The molecule has 0 bridgehead atoms. The van der Waals surface area contributed by atoms with E-state index in [0.717, 1.165) is 24.0 Å². The lowest BCUT2D eigenvalue weighted by Gasteiger charge is -2.11. The molecule has 1 amide bonds. The number of carbonyl (C=O) groups excluding carboxylic acids is 1. The van der Waals surface area contributed by atoms with Gasteiger partial charge in [0, 0.05) is 10.9 Å². The van der Waals surface area contributed by atoms with E-state index < -0.39 is 0 Å². The molecule has 0 aliphatic carbocycles. The third-order valence-electron chi connectivity index (χ3n) is 3.32. The molecule has 0 spiro atoms. The molecule has 106 valence electrons. The Morgan fingerprint density at radius 1 is 1.30 bits per heavy atom. The van der Waals surface area contributed by atoms with E-state index >= 15 is 0 Å². The van der Waals surface area contributed by atoms with E-state index in [2.05, 4.69) is 10.5 Å². The first kappa shape index (κ1) is 14.6. The summed E-state index contributed by atoms with van der Waals surface area (Å²) in [4.78, 5) is 12.1.